The van der Waals surface area contributed by atoms with E-state index < -0.39 is 12.2 Å². The Bertz CT molecular complexity index is 231. The number of likely N-dealkylation sites (tertiary alicyclic amines) is 1. The fourth-order valence-corrected chi connectivity index (χ4v) is 2.22. The van der Waals surface area contributed by atoms with Gasteiger partial charge in [0.25, 0.3) is 0 Å². The molecule has 94 valence electrons. The fraction of sp³-hybridized carbons (Fsp3) is 0.900. The molecule has 1 fully saturated rings. The Morgan fingerprint density at radius 3 is 2.94 bits per heavy atom. The van der Waals surface area contributed by atoms with Gasteiger partial charge in [-0.05, 0) is 0 Å². The number of nitrogens with zero attached hydrogens (tertiary/aromatic N) is 1. The van der Waals surface area contributed by atoms with Crippen molar-refractivity contribution >= 4 is 28.4 Å². The van der Waals surface area contributed by atoms with Gasteiger partial charge in [0, 0.05) is 0 Å². The van der Waals surface area contributed by atoms with E-state index in [1.54, 1.807) is 22.3 Å². The van der Waals surface area contributed by atoms with Gasteiger partial charge in [-0.3, -0.25) is 0 Å². The zero-order valence-electron chi connectivity index (χ0n) is 9.27. The zero-order chi connectivity index (χ0) is 12.0. The van der Waals surface area contributed by atoms with Crippen molar-refractivity contribution in [3.8, 4) is 0 Å². The predicted octanol–water partition coefficient (Wildman–Crippen LogP) is 0.593. The van der Waals surface area contributed by atoms with Crippen LogP contribution in [0.15, 0.2) is 0 Å². The molecule has 16 heavy (non-hydrogen) atoms. The third-order valence-corrected chi connectivity index (χ3v) is 3.51. The molecule has 1 saturated heterocycles. The molecule has 0 radical (unpaired) electrons. The molecule has 0 bridgehead atoms. The molecule has 1 aliphatic heterocycles. The number of carbonyl (C=O) groups excluding carboxylic acids is 1. The number of alkyl halides is 1. The minimum absolute atomic E-state index is 0.260. The maximum atomic E-state index is 13.1. The molecule has 6 heteroatoms. The predicted molar refractivity (Wildman–Crippen MR) is 61.6 cm³/mol. The van der Waals surface area contributed by atoms with Gasteiger partial charge < -0.3 is 0 Å². The third-order valence-electron chi connectivity index (χ3n) is 2.61. The number of ether oxygens (including phenoxy) is 1. The molecule has 1 amide bonds. The van der Waals surface area contributed by atoms with Crippen LogP contribution < -0.4 is 5.73 Å². The van der Waals surface area contributed by atoms with Crippen molar-refractivity contribution in [2.45, 2.75) is 35.9 Å². The average molecular weight is 346 g/mol. The number of carbonyl (C=O) groups is 1. The number of amides is 1. The first-order valence-electron chi connectivity index (χ1n) is 5.57. The second-order valence-corrected chi connectivity index (χ2v) is 5.24. The van der Waals surface area contributed by atoms with Crippen LogP contribution in [-0.4, -0.2) is 65.2 Å². The fourth-order valence-electron chi connectivity index (χ4n) is 1.58. The van der Waals surface area contributed by atoms with Crippen LogP contribution in [-0.2, 0) is 4.74 Å². The van der Waals surface area contributed by atoms with Gasteiger partial charge in [0.2, 0.25) is 0 Å². The molecule has 1 aliphatic rings. The van der Waals surface area contributed by atoms with E-state index in [2.05, 4.69) is 0 Å². The molecule has 4 nitrogen and oxygen atoms in total. The van der Waals surface area contributed by atoms with Crippen LogP contribution in [0.3, 0.4) is 0 Å². The quantitative estimate of drug-likeness (QED) is 0.599. The van der Waals surface area contributed by atoms with E-state index in [1.165, 1.54) is 4.90 Å². The SMILES string of the molecule is N[C@H]1CN(C(=O)OCCCC[TeH])CC[C@H]1F. The molecule has 0 aromatic carbocycles. The number of unbranched alkanes of at least 4 members (excludes halogenated alkanes) is 1. The van der Waals surface area contributed by atoms with Gasteiger partial charge in [-0.15, -0.1) is 0 Å². The maximum absolute atomic E-state index is 13.1. The van der Waals surface area contributed by atoms with Gasteiger partial charge in [-0.25, -0.2) is 0 Å². The van der Waals surface area contributed by atoms with Crippen LogP contribution in [0.1, 0.15) is 19.3 Å². The number of hydrogen-bond acceptors (Lipinski definition) is 3. The molecular formula is C10H19FN2O2Te. The van der Waals surface area contributed by atoms with Gasteiger partial charge >= 0.3 is 109 Å². The summed E-state index contributed by atoms with van der Waals surface area (Å²) < 4.78 is 19.3. The molecule has 0 unspecified atom stereocenters. The second kappa shape index (κ2) is 7.31. The van der Waals surface area contributed by atoms with Crippen molar-refractivity contribution in [2.24, 2.45) is 5.73 Å². The molecule has 0 aromatic rings. The van der Waals surface area contributed by atoms with E-state index in [1.807, 2.05) is 0 Å². The van der Waals surface area contributed by atoms with E-state index in [9.17, 15) is 9.18 Å². The second-order valence-electron chi connectivity index (χ2n) is 3.96. The summed E-state index contributed by atoms with van der Waals surface area (Å²) in [4.78, 5) is 13.0. The van der Waals surface area contributed by atoms with E-state index in [0.717, 1.165) is 17.3 Å². The molecule has 0 aliphatic carbocycles. The number of piperidine rings is 1. The first-order valence-corrected chi connectivity index (χ1v) is 7.38. The molecule has 0 spiro atoms. The van der Waals surface area contributed by atoms with Gasteiger partial charge in [-0.2, -0.15) is 0 Å². The van der Waals surface area contributed by atoms with Crippen LogP contribution in [0.5, 0.6) is 0 Å². The van der Waals surface area contributed by atoms with E-state index >= 15 is 0 Å². The zero-order valence-corrected chi connectivity index (χ0v) is 11.8. The molecule has 1 rings (SSSR count). The van der Waals surface area contributed by atoms with E-state index in [0.29, 0.717) is 19.6 Å². The van der Waals surface area contributed by atoms with Crippen molar-refractivity contribution in [3.05, 3.63) is 0 Å². The van der Waals surface area contributed by atoms with Gasteiger partial charge in [-0.1, -0.05) is 0 Å². The normalized spacial score (nSPS) is 25.6. The first-order chi connectivity index (χ1) is 7.65. The van der Waals surface area contributed by atoms with E-state index in [-0.39, 0.29) is 12.6 Å². The summed E-state index contributed by atoms with van der Waals surface area (Å²) in [6, 6.07) is -0.570. The first kappa shape index (κ1) is 14.0. The van der Waals surface area contributed by atoms with Crippen LogP contribution in [0.25, 0.3) is 0 Å². The van der Waals surface area contributed by atoms with Crippen LogP contribution in [0.4, 0.5) is 9.18 Å². The summed E-state index contributed by atoms with van der Waals surface area (Å²) in [5.41, 5.74) is 5.56. The van der Waals surface area contributed by atoms with Crippen LogP contribution in [0, 0.1) is 0 Å². The Labute approximate surface area is 109 Å². The van der Waals surface area contributed by atoms with Gasteiger partial charge in [0.1, 0.15) is 0 Å². The monoisotopic (exact) mass is 348 g/mol. The molecular weight excluding hydrogens is 327 g/mol. The van der Waals surface area contributed by atoms with Crippen molar-refractivity contribution < 1.29 is 13.9 Å². The molecule has 2 atom stereocenters. The van der Waals surface area contributed by atoms with Crippen LogP contribution >= 0.6 is 0 Å². The third kappa shape index (κ3) is 4.44. The van der Waals surface area contributed by atoms with E-state index in [4.69, 9.17) is 10.5 Å². The van der Waals surface area contributed by atoms with Gasteiger partial charge in [0.15, 0.2) is 0 Å². The molecule has 2 N–H and O–H groups in total. The summed E-state index contributed by atoms with van der Waals surface area (Å²) in [6.45, 7) is 1.12. The van der Waals surface area contributed by atoms with Crippen LogP contribution in [0.2, 0.25) is 4.47 Å². The van der Waals surface area contributed by atoms with Crippen molar-refractivity contribution in [1.29, 1.82) is 0 Å². The summed E-state index contributed by atoms with van der Waals surface area (Å²) in [7, 11) is 0. The molecule has 0 saturated carbocycles. The summed E-state index contributed by atoms with van der Waals surface area (Å²) in [5.74, 6) is 0. The number of halogens is 1. The summed E-state index contributed by atoms with van der Waals surface area (Å²) in [6.07, 6.45) is 0.932. The summed E-state index contributed by atoms with van der Waals surface area (Å²) in [5, 5.41) is 0. The Hall–Kier alpha value is -0.0504. The summed E-state index contributed by atoms with van der Waals surface area (Å²) >= 11 is 1.77. The number of rotatable bonds is 4. The standard InChI is InChI=1S/C10H19FN2O2Te/c11-8-3-4-13(7-9(8)12)10(14)15-5-1-2-6-16/h8-9,16H,1-7,12H2/t8-,9+/m1/s1. The Morgan fingerprint density at radius 1 is 1.56 bits per heavy atom. The molecule has 1 heterocycles. The number of nitrogens with two attached hydrogens (primary N) is 1. The average Bonchev–Trinajstić information content (AvgIpc) is 2.28. The molecule has 0 aromatic heterocycles. The Kier molecular flexibility index (Phi) is 6.40. The van der Waals surface area contributed by atoms with Crippen molar-refractivity contribution in [2.75, 3.05) is 19.7 Å². The number of hydrogen-bond donors (Lipinski definition) is 1. The van der Waals surface area contributed by atoms with Crippen molar-refractivity contribution in [3.63, 3.8) is 0 Å². The topological polar surface area (TPSA) is 55.6 Å². The Balaban J connectivity index is 2.21. The minimum atomic E-state index is -0.995. The Morgan fingerprint density at radius 2 is 2.31 bits per heavy atom. The van der Waals surface area contributed by atoms with Gasteiger partial charge in [0.05, 0.1) is 0 Å². The van der Waals surface area contributed by atoms with Crippen molar-refractivity contribution in [1.82, 2.24) is 4.90 Å².